The summed E-state index contributed by atoms with van der Waals surface area (Å²) < 4.78 is 13.7. The molecule has 0 saturated heterocycles. The summed E-state index contributed by atoms with van der Waals surface area (Å²) in [7, 11) is 4.03. The number of anilines is 1. The van der Waals surface area contributed by atoms with Gasteiger partial charge in [0.1, 0.15) is 11.4 Å². The minimum absolute atomic E-state index is 0.0526. The third-order valence-corrected chi connectivity index (χ3v) is 7.00. The highest BCUT2D eigenvalue weighted by Crippen LogP contribution is 2.41. The summed E-state index contributed by atoms with van der Waals surface area (Å²) >= 11 is 0. The standard InChI is InChI=1S/C27H37FN4O/c1-7-8-14-23-24(20-15-17-21(28)18-16-20)30-32(22-12-10-9-11-13-22)27(23,4)25(33)29-19-26(2,3)31(5)6/h9-13,15-18,23H,7-8,14,19H2,1-6H3,(H,29,33). The highest BCUT2D eigenvalue weighted by molar-refractivity contribution is 6.10. The summed E-state index contributed by atoms with van der Waals surface area (Å²) in [5, 5.41) is 10.1. The average Bonchev–Trinajstić information content (AvgIpc) is 3.10. The number of hydrogen-bond acceptors (Lipinski definition) is 4. The highest BCUT2D eigenvalue weighted by Gasteiger charge is 2.53. The Morgan fingerprint density at radius 1 is 1.15 bits per heavy atom. The van der Waals surface area contributed by atoms with E-state index in [1.165, 1.54) is 12.1 Å². The Bertz CT molecular complexity index is 971. The summed E-state index contributed by atoms with van der Waals surface area (Å²) in [6, 6.07) is 16.2. The molecule has 2 atom stereocenters. The molecular formula is C27H37FN4O. The molecule has 0 aliphatic carbocycles. The quantitative estimate of drug-likeness (QED) is 0.578. The zero-order valence-corrected chi connectivity index (χ0v) is 20.7. The fourth-order valence-corrected chi connectivity index (χ4v) is 4.18. The van der Waals surface area contributed by atoms with E-state index in [1.807, 2.05) is 56.4 Å². The predicted molar refractivity (Wildman–Crippen MR) is 134 cm³/mol. The van der Waals surface area contributed by atoms with Crippen LogP contribution < -0.4 is 10.3 Å². The number of likely N-dealkylation sites (N-methyl/N-ethyl adjacent to an activating group) is 1. The molecule has 178 valence electrons. The Hall–Kier alpha value is -2.73. The maximum absolute atomic E-state index is 13.9. The van der Waals surface area contributed by atoms with E-state index in [0.717, 1.165) is 36.2 Å². The van der Waals surface area contributed by atoms with Crippen molar-refractivity contribution in [3.05, 3.63) is 66.0 Å². The van der Waals surface area contributed by atoms with Crippen LogP contribution in [0, 0.1) is 11.7 Å². The fourth-order valence-electron chi connectivity index (χ4n) is 4.18. The third-order valence-electron chi connectivity index (χ3n) is 7.00. The molecular weight excluding hydrogens is 415 g/mol. The Morgan fingerprint density at radius 3 is 2.36 bits per heavy atom. The smallest absolute Gasteiger partial charge is 0.248 e. The minimum Gasteiger partial charge on any atom is -0.352 e. The lowest BCUT2D eigenvalue weighted by atomic mass is 9.76. The van der Waals surface area contributed by atoms with Gasteiger partial charge < -0.3 is 10.2 Å². The fraction of sp³-hybridized carbons (Fsp3) is 0.481. The molecule has 1 heterocycles. The van der Waals surface area contributed by atoms with Crippen LogP contribution in [0.15, 0.2) is 59.7 Å². The number of benzene rings is 2. The molecule has 0 aromatic heterocycles. The summed E-state index contributed by atoms with van der Waals surface area (Å²) in [4.78, 5) is 16.0. The molecule has 2 aromatic rings. The van der Waals surface area contributed by atoms with Gasteiger partial charge in [-0.05, 0) is 71.1 Å². The van der Waals surface area contributed by atoms with Crippen molar-refractivity contribution in [3.63, 3.8) is 0 Å². The summed E-state index contributed by atoms with van der Waals surface area (Å²) in [5.74, 6) is -0.470. The number of nitrogens with zero attached hydrogens (tertiary/aromatic N) is 3. The van der Waals surface area contributed by atoms with Crippen molar-refractivity contribution in [3.8, 4) is 0 Å². The molecule has 0 bridgehead atoms. The first kappa shape index (κ1) is 24.9. The molecule has 3 rings (SSSR count). The van der Waals surface area contributed by atoms with Gasteiger partial charge in [0.15, 0.2) is 0 Å². The number of hydrogen-bond donors (Lipinski definition) is 1. The molecule has 0 saturated carbocycles. The van der Waals surface area contributed by atoms with E-state index in [9.17, 15) is 9.18 Å². The molecule has 5 nitrogen and oxygen atoms in total. The number of carbonyl (C=O) groups excluding carboxylic acids is 1. The molecule has 0 radical (unpaired) electrons. The normalized spacial score (nSPS) is 20.8. The Kier molecular flexibility index (Phi) is 7.58. The van der Waals surface area contributed by atoms with Gasteiger partial charge in [-0.25, -0.2) is 9.40 Å². The van der Waals surface area contributed by atoms with Gasteiger partial charge in [0.05, 0.1) is 11.4 Å². The monoisotopic (exact) mass is 452 g/mol. The van der Waals surface area contributed by atoms with E-state index in [4.69, 9.17) is 5.10 Å². The molecule has 1 N–H and O–H groups in total. The molecule has 1 aliphatic heterocycles. The number of rotatable bonds is 9. The van der Waals surface area contributed by atoms with Crippen LogP contribution in [0.4, 0.5) is 10.1 Å². The molecule has 1 amide bonds. The van der Waals surface area contributed by atoms with Crippen LogP contribution in [0.25, 0.3) is 0 Å². The first-order chi connectivity index (χ1) is 15.6. The predicted octanol–water partition coefficient (Wildman–Crippen LogP) is 5.07. The van der Waals surface area contributed by atoms with Gasteiger partial charge in [0.2, 0.25) is 5.91 Å². The molecule has 6 heteroatoms. The van der Waals surface area contributed by atoms with Crippen LogP contribution >= 0.6 is 0 Å². The van der Waals surface area contributed by atoms with E-state index in [-0.39, 0.29) is 23.2 Å². The maximum atomic E-state index is 13.9. The van der Waals surface area contributed by atoms with Crippen LogP contribution in [0.2, 0.25) is 0 Å². The van der Waals surface area contributed by atoms with Crippen molar-refractivity contribution in [1.29, 1.82) is 0 Å². The Labute approximate surface area is 197 Å². The Balaban J connectivity index is 2.06. The van der Waals surface area contributed by atoms with Crippen LogP contribution in [0.3, 0.4) is 0 Å². The largest absolute Gasteiger partial charge is 0.352 e. The molecule has 0 spiro atoms. The lowest BCUT2D eigenvalue weighted by Crippen LogP contribution is -2.60. The van der Waals surface area contributed by atoms with Crippen molar-refractivity contribution in [2.45, 2.75) is 58.0 Å². The number of carbonyl (C=O) groups is 1. The second-order valence-corrected chi connectivity index (χ2v) is 9.87. The SMILES string of the molecule is CCCCC1C(c2ccc(F)cc2)=NN(c2ccccc2)C1(C)C(=O)NCC(C)(C)N(C)C. The van der Waals surface area contributed by atoms with E-state index in [2.05, 4.69) is 31.0 Å². The van der Waals surface area contributed by atoms with Crippen molar-refractivity contribution in [1.82, 2.24) is 10.2 Å². The van der Waals surface area contributed by atoms with Crippen molar-refractivity contribution < 1.29 is 9.18 Å². The number of para-hydroxylation sites is 1. The van der Waals surface area contributed by atoms with Crippen LogP contribution in [-0.2, 0) is 4.79 Å². The summed E-state index contributed by atoms with van der Waals surface area (Å²) in [5.41, 5.74) is 1.44. The van der Waals surface area contributed by atoms with Crippen LogP contribution in [-0.4, -0.2) is 48.2 Å². The second kappa shape index (κ2) is 10.0. The van der Waals surface area contributed by atoms with Gasteiger partial charge in [-0.15, -0.1) is 0 Å². The van der Waals surface area contributed by atoms with Crippen molar-refractivity contribution in [2.75, 3.05) is 25.6 Å². The van der Waals surface area contributed by atoms with E-state index in [0.29, 0.717) is 6.54 Å². The van der Waals surface area contributed by atoms with E-state index < -0.39 is 5.54 Å². The highest BCUT2D eigenvalue weighted by atomic mass is 19.1. The number of unbranched alkanes of at least 4 members (excludes halogenated alkanes) is 1. The number of amides is 1. The molecule has 1 aliphatic rings. The first-order valence-corrected chi connectivity index (χ1v) is 11.8. The zero-order valence-electron chi connectivity index (χ0n) is 20.7. The third kappa shape index (κ3) is 5.11. The summed E-state index contributed by atoms with van der Waals surface area (Å²) in [6.45, 7) is 8.86. The van der Waals surface area contributed by atoms with Gasteiger partial charge in [-0.2, -0.15) is 5.10 Å². The summed E-state index contributed by atoms with van der Waals surface area (Å²) in [6.07, 6.45) is 2.81. The second-order valence-electron chi connectivity index (χ2n) is 9.87. The molecule has 33 heavy (non-hydrogen) atoms. The molecule has 2 unspecified atom stereocenters. The lowest BCUT2D eigenvalue weighted by Gasteiger charge is -2.39. The topological polar surface area (TPSA) is 47.9 Å². The van der Waals surface area contributed by atoms with Crippen molar-refractivity contribution >= 4 is 17.3 Å². The maximum Gasteiger partial charge on any atom is 0.248 e. The van der Waals surface area contributed by atoms with E-state index >= 15 is 0 Å². The van der Waals surface area contributed by atoms with Crippen LogP contribution in [0.5, 0.6) is 0 Å². The number of hydrazone groups is 1. The van der Waals surface area contributed by atoms with E-state index in [1.54, 1.807) is 12.1 Å². The average molecular weight is 453 g/mol. The first-order valence-electron chi connectivity index (χ1n) is 11.8. The molecule has 2 aromatic carbocycles. The van der Waals surface area contributed by atoms with Gasteiger partial charge in [-0.3, -0.25) is 4.79 Å². The molecule has 0 fully saturated rings. The number of nitrogens with one attached hydrogen (secondary N) is 1. The zero-order chi connectivity index (χ0) is 24.2. The minimum atomic E-state index is -0.914. The van der Waals surface area contributed by atoms with Gasteiger partial charge in [0, 0.05) is 18.0 Å². The lowest BCUT2D eigenvalue weighted by molar-refractivity contribution is -0.127. The Morgan fingerprint density at radius 2 is 1.79 bits per heavy atom. The van der Waals surface area contributed by atoms with Crippen LogP contribution in [0.1, 0.15) is 52.5 Å². The van der Waals surface area contributed by atoms with Gasteiger partial charge in [0.25, 0.3) is 0 Å². The number of halogens is 1. The van der Waals surface area contributed by atoms with Gasteiger partial charge >= 0.3 is 0 Å². The van der Waals surface area contributed by atoms with Crippen molar-refractivity contribution in [2.24, 2.45) is 11.0 Å². The van der Waals surface area contributed by atoms with Gasteiger partial charge in [-0.1, -0.05) is 50.1 Å².